The van der Waals surface area contributed by atoms with Crippen molar-refractivity contribution in [2.45, 2.75) is 25.2 Å². The van der Waals surface area contributed by atoms with E-state index in [-0.39, 0.29) is 12.2 Å². The number of hydrogen-bond acceptors (Lipinski definition) is 3. The van der Waals surface area contributed by atoms with E-state index < -0.39 is 0 Å². The van der Waals surface area contributed by atoms with Gasteiger partial charge in [0.15, 0.2) is 6.29 Å². The van der Waals surface area contributed by atoms with Gasteiger partial charge in [-0.25, -0.2) is 0 Å². The number of benzene rings is 1. The van der Waals surface area contributed by atoms with Gasteiger partial charge in [-0.1, -0.05) is 30.3 Å². The molecule has 1 aromatic carbocycles. The van der Waals surface area contributed by atoms with Crippen molar-refractivity contribution in [2.75, 3.05) is 6.61 Å². The van der Waals surface area contributed by atoms with Crippen LogP contribution >= 0.6 is 0 Å². The first-order chi connectivity index (χ1) is 7.40. The highest BCUT2D eigenvalue weighted by Gasteiger charge is 2.37. The number of rotatable bonds is 6. The van der Waals surface area contributed by atoms with Crippen molar-refractivity contribution in [1.29, 1.82) is 0 Å². The molecule has 0 saturated carbocycles. The molecule has 1 heterocycles. The Morgan fingerprint density at radius 2 is 2.13 bits per heavy atom. The molecule has 1 aromatic rings. The molecule has 0 unspecified atom stereocenters. The monoisotopic (exact) mass is 206 g/mol. The van der Waals surface area contributed by atoms with Gasteiger partial charge < -0.3 is 14.3 Å². The number of ether oxygens (including phenoxy) is 2. The Morgan fingerprint density at radius 3 is 2.80 bits per heavy atom. The minimum atomic E-state index is -0.176. The van der Waals surface area contributed by atoms with Crippen molar-refractivity contribution in [3.63, 3.8) is 0 Å². The molecule has 0 amide bonds. The smallest absolute Gasteiger partial charge is 0.151 e. The minimum absolute atomic E-state index is 0.0956. The summed E-state index contributed by atoms with van der Waals surface area (Å²) in [5.74, 6) is 0. The van der Waals surface area contributed by atoms with Crippen molar-refractivity contribution in [2.24, 2.45) is 0 Å². The summed E-state index contributed by atoms with van der Waals surface area (Å²) in [5.41, 5.74) is 1.17. The molecular weight excluding hydrogens is 192 g/mol. The molecule has 0 N–H and O–H groups in total. The Labute approximate surface area is 89.0 Å². The van der Waals surface area contributed by atoms with Gasteiger partial charge in [-0.3, -0.25) is 0 Å². The van der Waals surface area contributed by atoms with Crippen molar-refractivity contribution in [3.05, 3.63) is 35.9 Å². The maximum atomic E-state index is 10.3. The molecule has 1 aliphatic heterocycles. The van der Waals surface area contributed by atoms with Gasteiger partial charge in [0.2, 0.25) is 0 Å². The summed E-state index contributed by atoms with van der Waals surface area (Å²) in [6.45, 7) is 1.27. The zero-order valence-electron chi connectivity index (χ0n) is 8.46. The van der Waals surface area contributed by atoms with E-state index in [4.69, 9.17) is 9.47 Å². The third kappa shape index (κ3) is 3.15. The molecule has 2 rings (SSSR count). The molecule has 2 atom stereocenters. The van der Waals surface area contributed by atoms with Crippen LogP contribution < -0.4 is 0 Å². The van der Waals surface area contributed by atoms with Gasteiger partial charge in [-0.2, -0.15) is 0 Å². The first-order valence-corrected chi connectivity index (χ1v) is 5.12. The summed E-state index contributed by atoms with van der Waals surface area (Å²) < 4.78 is 10.5. The molecular formula is C12H14O3. The fourth-order valence-corrected chi connectivity index (χ4v) is 1.47. The number of carbonyl (C=O) groups is 1. The van der Waals surface area contributed by atoms with E-state index >= 15 is 0 Å². The molecule has 3 nitrogen and oxygen atoms in total. The molecule has 80 valence electrons. The van der Waals surface area contributed by atoms with Crippen LogP contribution in [-0.2, 0) is 20.9 Å². The summed E-state index contributed by atoms with van der Waals surface area (Å²) in [7, 11) is 0. The van der Waals surface area contributed by atoms with Crippen LogP contribution in [0.4, 0.5) is 0 Å². The van der Waals surface area contributed by atoms with Crippen molar-refractivity contribution < 1.29 is 14.3 Å². The maximum absolute atomic E-state index is 10.3. The van der Waals surface area contributed by atoms with E-state index in [2.05, 4.69) is 0 Å². The highest BCUT2D eigenvalue weighted by Crippen LogP contribution is 2.22. The third-order valence-electron chi connectivity index (χ3n) is 2.41. The van der Waals surface area contributed by atoms with Crippen LogP contribution in [0.3, 0.4) is 0 Å². The Bertz CT molecular complexity index is 310. The van der Waals surface area contributed by atoms with Crippen molar-refractivity contribution in [1.82, 2.24) is 0 Å². The lowest BCUT2D eigenvalue weighted by molar-refractivity contribution is -0.108. The fourth-order valence-electron chi connectivity index (χ4n) is 1.47. The Hall–Kier alpha value is -1.19. The van der Waals surface area contributed by atoms with Crippen LogP contribution in [0.2, 0.25) is 0 Å². The molecule has 3 heteroatoms. The Kier molecular flexibility index (Phi) is 3.48. The zero-order chi connectivity index (χ0) is 10.5. The van der Waals surface area contributed by atoms with E-state index in [9.17, 15) is 4.79 Å². The highest BCUT2D eigenvalue weighted by molar-refractivity contribution is 5.60. The van der Waals surface area contributed by atoms with Gasteiger partial charge >= 0.3 is 0 Å². The molecule has 1 saturated heterocycles. The van der Waals surface area contributed by atoms with E-state index in [0.29, 0.717) is 13.2 Å². The molecule has 0 aromatic heterocycles. The average molecular weight is 206 g/mol. The first kappa shape index (κ1) is 10.3. The van der Waals surface area contributed by atoms with E-state index in [1.807, 2.05) is 30.3 Å². The topological polar surface area (TPSA) is 38.8 Å². The van der Waals surface area contributed by atoms with Crippen LogP contribution in [0.25, 0.3) is 0 Å². The fraction of sp³-hybridized carbons (Fsp3) is 0.417. The molecule has 0 bridgehead atoms. The summed E-state index contributed by atoms with van der Waals surface area (Å²) in [6, 6.07) is 10.0. The second kappa shape index (κ2) is 5.05. The van der Waals surface area contributed by atoms with Crippen LogP contribution in [0, 0.1) is 0 Å². The lowest BCUT2D eigenvalue weighted by atomic mass is 10.2. The number of hydrogen-bond donors (Lipinski definition) is 0. The number of epoxide rings is 1. The summed E-state index contributed by atoms with van der Waals surface area (Å²) in [6.07, 6.45) is 1.57. The molecule has 1 fully saturated rings. The number of carbonyl (C=O) groups excluding carboxylic acids is 1. The Balaban J connectivity index is 1.58. The van der Waals surface area contributed by atoms with Gasteiger partial charge in [0.1, 0.15) is 6.10 Å². The third-order valence-corrected chi connectivity index (χ3v) is 2.41. The molecule has 0 spiro atoms. The maximum Gasteiger partial charge on any atom is 0.151 e. The second-order valence-corrected chi connectivity index (χ2v) is 3.60. The second-order valence-electron chi connectivity index (χ2n) is 3.60. The average Bonchev–Trinajstić information content (AvgIpc) is 3.05. The normalized spacial score (nSPS) is 23.7. The van der Waals surface area contributed by atoms with Crippen molar-refractivity contribution in [3.8, 4) is 0 Å². The van der Waals surface area contributed by atoms with Gasteiger partial charge in [0.25, 0.3) is 0 Å². The predicted molar refractivity (Wildman–Crippen MR) is 55.4 cm³/mol. The van der Waals surface area contributed by atoms with Crippen LogP contribution in [-0.4, -0.2) is 25.1 Å². The van der Waals surface area contributed by atoms with Gasteiger partial charge in [-0.15, -0.1) is 0 Å². The number of aldehydes is 1. The molecule has 1 aliphatic rings. The van der Waals surface area contributed by atoms with Crippen molar-refractivity contribution >= 4 is 6.29 Å². The van der Waals surface area contributed by atoms with Gasteiger partial charge in [-0.05, 0) is 12.0 Å². The zero-order valence-corrected chi connectivity index (χ0v) is 8.46. The van der Waals surface area contributed by atoms with E-state index in [1.165, 1.54) is 5.56 Å². The molecule has 0 radical (unpaired) electrons. The molecule has 0 aliphatic carbocycles. The van der Waals surface area contributed by atoms with Crippen LogP contribution in [0.1, 0.15) is 12.0 Å². The Morgan fingerprint density at radius 1 is 1.33 bits per heavy atom. The minimum Gasteiger partial charge on any atom is -0.377 e. The first-order valence-electron chi connectivity index (χ1n) is 5.12. The van der Waals surface area contributed by atoms with Gasteiger partial charge in [0.05, 0.1) is 12.7 Å². The highest BCUT2D eigenvalue weighted by atomic mass is 16.6. The van der Waals surface area contributed by atoms with E-state index in [0.717, 1.165) is 12.7 Å². The summed E-state index contributed by atoms with van der Waals surface area (Å²) in [4.78, 5) is 10.3. The standard InChI is InChI=1S/C12H14O3/c13-8-12-11(15-12)6-7-14-9-10-4-2-1-3-5-10/h1-5,8,11-12H,6-7,9H2/t11-,12-/m1/s1. The van der Waals surface area contributed by atoms with Crippen LogP contribution in [0.15, 0.2) is 30.3 Å². The predicted octanol–water partition coefficient (Wildman–Crippen LogP) is 1.56. The largest absolute Gasteiger partial charge is 0.377 e. The molecule has 15 heavy (non-hydrogen) atoms. The van der Waals surface area contributed by atoms with Crippen LogP contribution in [0.5, 0.6) is 0 Å². The van der Waals surface area contributed by atoms with E-state index in [1.54, 1.807) is 0 Å². The summed E-state index contributed by atoms with van der Waals surface area (Å²) in [5, 5.41) is 0. The quantitative estimate of drug-likeness (QED) is 0.403. The van der Waals surface area contributed by atoms with Gasteiger partial charge in [0, 0.05) is 6.61 Å². The lowest BCUT2D eigenvalue weighted by Gasteiger charge is -2.02. The lowest BCUT2D eigenvalue weighted by Crippen LogP contribution is -2.02. The SMILES string of the molecule is O=C[C@H]1O[C@@H]1CCOCc1ccccc1. The summed E-state index contributed by atoms with van der Waals surface area (Å²) >= 11 is 0.